The lowest BCUT2D eigenvalue weighted by Gasteiger charge is -2.23. The quantitative estimate of drug-likeness (QED) is 0.828. The van der Waals surface area contributed by atoms with Crippen LogP contribution in [0.2, 0.25) is 0 Å². The van der Waals surface area contributed by atoms with Crippen LogP contribution in [0.5, 0.6) is 0 Å². The standard InChI is InChI=1S/C14H19N3O4/c1-7-8(6-17(2)16-7)5-15-13(18)11-9-3-4-10(21-9)12(11)14(19)20/h6,9-12H,3-5H2,1-2H3,(H,15,18)(H,19,20)/t9-,10+,11+,12+/m1/s1. The Morgan fingerprint density at radius 3 is 2.67 bits per heavy atom. The average molecular weight is 293 g/mol. The molecule has 2 fully saturated rings. The van der Waals surface area contributed by atoms with E-state index in [9.17, 15) is 14.7 Å². The highest BCUT2D eigenvalue weighted by Crippen LogP contribution is 2.43. The molecule has 0 radical (unpaired) electrons. The van der Waals surface area contributed by atoms with Gasteiger partial charge in [-0.1, -0.05) is 0 Å². The van der Waals surface area contributed by atoms with Gasteiger partial charge in [0.25, 0.3) is 0 Å². The Labute approximate surface area is 122 Å². The third kappa shape index (κ3) is 2.42. The molecule has 0 spiro atoms. The van der Waals surface area contributed by atoms with Crippen molar-refractivity contribution in [3.63, 3.8) is 0 Å². The van der Waals surface area contributed by atoms with E-state index in [2.05, 4.69) is 10.4 Å². The number of ether oxygens (including phenoxy) is 1. The van der Waals surface area contributed by atoms with Crippen LogP contribution in [0.15, 0.2) is 6.20 Å². The molecular formula is C14H19N3O4. The molecule has 1 amide bonds. The Bertz CT molecular complexity index is 583. The van der Waals surface area contributed by atoms with Gasteiger partial charge in [0.15, 0.2) is 0 Å². The minimum Gasteiger partial charge on any atom is -0.481 e. The Balaban J connectivity index is 1.67. The lowest BCUT2D eigenvalue weighted by Crippen LogP contribution is -2.43. The number of aliphatic carboxylic acids is 1. The third-order valence-electron chi connectivity index (χ3n) is 4.43. The number of fused-ring (bicyclic) bond motifs is 2. The van der Waals surface area contributed by atoms with Crippen LogP contribution in [0.25, 0.3) is 0 Å². The predicted octanol–water partition coefficient (Wildman–Crippen LogP) is 0.223. The fraction of sp³-hybridized carbons (Fsp3) is 0.643. The molecule has 4 atom stereocenters. The average Bonchev–Trinajstić information content (AvgIpc) is 3.09. The minimum atomic E-state index is -0.945. The number of carbonyl (C=O) groups excluding carboxylic acids is 1. The van der Waals surface area contributed by atoms with Gasteiger partial charge in [-0.2, -0.15) is 5.10 Å². The van der Waals surface area contributed by atoms with E-state index in [1.165, 1.54) is 0 Å². The van der Waals surface area contributed by atoms with Crippen molar-refractivity contribution in [3.8, 4) is 0 Å². The molecule has 2 aliphatic heterocycles. The number of hydrogen-bond donors (Lipinski definition) is 2. The molecule has 0 aromatic carbocycles. The van der Waals surface area contributed by atoms with E-state index in [1.54, 1.807) is 4.68 Å². The molecule has 2 saturated heterocycles. The fourth-order valence-corrected chi connectivity index (χ4v) is 3.45. The molecule has 2 aliphatic rings. The van der Waals surface area contributed by atoms with Gasteiger partial charge in [-0.3, -0.25) is 14.3 Å². The van der Waals surface area contributed by atoms with Crippen molar-refractivity contribution in [1.29, 1.82) is 0 Å². The van der Waals surface area contributed by atoms with Crippen LogP contribution in [-0.4, -0.2) is 39.0 Å². The molecule has 1 aromatic rings. The zero-order chi connectivity index (χ0) is 15.1. The summed E-state index contributed by atoms with van der Waals surface area (Å²) in [6, 6.07) is 0. The number of carboxylic acids is 1. The molecule has 114 valence electrons. The van der Waals surface area contributed by atoms with Crippen LogP contribution in [0, 0.1) is 18.8 Å². The molecule has 2 bridgehead atoms. The van der Waals surface area contributed by atoms with Crippen molar-refractivity contribution in [2.24, 2.45) is 18.9 Å². The van der Waals surface area contributed by atoms with Gasteiger partial charge in [0.1, 0.15) is 0 Å². The van der Waals surface area contributed by atoms with Crippen molar-refractivity contribution < 1.29 is 19.4 Å². The molecule has 7 heteroatoms. The maximum Gasteiger partial charge on any atom is 0.310 e. The number of amides is 1. The van der Waals surface area contributed by atoms with Gasteiger partial charge in [0, 0.05) is 25.4 Å². The van der Waals surface area contributed by atoms with Gasteiger partial charge in [0.2, 0.25) is 5.91 Å². The molecule has 3 rings (SSSR count). The normalized spacial score (nSPS) is 30.6. The molecule has 1 aromatic heterocycles. The predicted molar refractivity (Wildman–Crippen MR) is 72.3 cm³/mol. The summed E-state index contributed by atoms with van der Waals surface area (Å²) in [7, 11) is 1.82. The van der Waals surface area contributed by atoms with Crippen LogP contribution in [-0.2, 0) is 27.9 Å². The van der Waals surface area contributed by atoms with Gasteiger partial charge >= 0.3 is 5.97 Å². The van der Waals surface area contributed by atoms with Crippen LogP contribution >= 0.6 is 0 Å². The van der Waals surface area contributed by atoms with Crippen LogP contribution in [0.3, 0.4) is 0 Å². The van der Waals surface area contributed by atoms with Crippen LogP contribution in [0.1, 0.15) is 24.1 Å². The van der Waals surface area contributed by atoms with Gasteiger partial charge in [0.05, 0.1) is 29.7 Å². The lowest BCUT2D eigenvalue weighted by atomic mass is 9.78. The van der Waals surface area contributed by atoms with Crippen molar-refractivity contribution in [2.75, 3.05) is 0 Å². The Hall–Kier alpha value is -1.89. The highest BCUT2D eigenvalue weighted by atomic mass is 16.5. The summed E-state index contributed by atoms with van der Waals surface area (Å²) < 4.78 is 7.29. The second-order valence-corrected chi connectivity index (χ2v) is 5.81. The maximum atomic E-state index is 12.4. The summed E-state index contributed by atoms with van der Waals surface area (Å²) in [6.45, 7) is 2.24. The molecule has 3 heterocycles. The monoisotopic (exact) mass is 293 g/mol. The van der Waals surface area contributed by atoms with E-state index in [4.69, 9.17) is 4.74 Å². The first-order chi connectivity index (χ1) is 9.97. The highest BCUT2D eigenvalue weighted by Gasteiger charge is 2.55. The second kappa shape index (κ2) is 5.14. The Morgan fingerprint density at radius 1 is 1.43 bits per heavy atom. The van der Waals surface area contributed by atoms with E-state index in [0.29, 0.717) is 6.54 Å². The molecule has 7 nitrogen and oxygen atoms in total. The zero-order valence-electron chi connectivity index (χ0n) is 12.1. The number of hydrogen-bond acceptors (Lipinski definition) is 4. The van der Waals surface area contributed by atoms with Gasteiger partial charge < -0.3 is 15.2 Å². The Morgan fingerprint density at radius 2 is 2.10 bits per heavy atom. The van der Waals surface area contributed by atoms with Crippen molar-refractivity contribution in [2.45, 2.75) is 38.5 Å². The third-order valence-corrected chi connectivity index (χ3v) is 4.43. The topological polar surface area (TPSA) is 93.5 Å². The van der Waals surface area contributed by atoms with Crippen molar-refractivity contribution in [1.82, 2.24) is 15.1 Å². The molecular weight excluding hydrogens is 274 g/mol. The summed E-state index contributed by atoms with van der Waals surface area (Å²) >= 11 is 0. The number of aromatic nitrogens is 2. The molecule has 0 saturated carbocycles. The summed E-state index contributed by atoms with van der Waals surface area (Å²) in [5, 5.41) is 16.4. The molecule has 0 unspecified atom stereocenters. The first-order valence-electron chi connectivity index (χ1n) is 7.12. The van der Waals surface area contributed by atoms with E-state index < -0.39 is 17.8 Å². The van der Waals surface area contributed by atoms with Crippen molar-refractivity contribution in [3.05, 3.63) is 17.5 Å². The van der Waals surface area contributed by atoms with Crippen molar-refractivity contribution >= 4 is 11.9 Å². The first-order valence-corrected chi connectivity index (χ1v) is 7.12. The molecule has 0 aliphatic carbocycles. The molecule has 2 N–H and O–H groups in total. The lowest BCUT2D eigenvalue weighted by molar-refractivity contribution is -0.147. The van der Waals surface area contributed by atoms with Gasteiger partial charge in [-0.25, -0.2) is 0 Å². The number of carbonyl (C=O) groups is 2. The molecule has 21 heavy (non-hydrogen) atoms. The number of nitrogens with one attached hydrogen (secondary N) is 1. The summed E-state index contributed by atoms with van der Waals surface area (Å²) in [6.07, 6.45) is 2.77. The highest BCUT2D eigenvalue weighted by molar-refractivity contribution is 5.86. The minimum absolute atomic E-state index is 0.238. The Kier molecular flexibility index (Phi) is 3.44. The maximum absolute atomic E-state index is 12.4. The smallest absolute Gasteiger partial charge is 0.310 e. The number of aryl methyl sites for hydroxylation is 2. The second-order valence-electron chi connectivity index (χ2n) is 5.81. The summed E-state index contributed by atoms with van der Waals surface area (Å²) in [4.78, 5) is 23.7. The van der Waals surface area contributed by atoms with Gasteiger partial charge in [-0.05, 0) is 19.8 Å². The van der Waals surface area contributed by atoms with E-state index in [1.807, 2.05) is 20.2 Å². The fourth-order valence-electron chi connectivity index (χ4n) is 3.45. The first kappa shape index (κ1) is 14.1. The van der Waals surface area contributed by atoms with Crippen LogP contribution < -0.4 is 5.32 Å². The van der Waals surface area contributed by atoms with E-state index in [0.717, 1.165) is 24.1 Å². The number of carboxylic acid groups (broad SMARTS) is 1. The zero-order valence-corrected chi connectivity index (χ0v) is 12.1. The summed E-state index contributed by atoms with van der Waals surface area (Å²) in [5.74, 6) is -2.49. The van der Waals surface area contributed by atoms with E-state index >= 15 is 0 Å². The van der Waals surface area contributed by atoms with E-state index in [-0.39, 0.29) is 18.1 Å². The number of rotatable bonds is 4. The largest absolute Gasteiger partial charge is 0.481 e. The number of nitrogens with zero attached hydrogens (tertiary/aromatic N) is 2. The summed E-state index contributed by atoms with van der Waals surface area (Å²) in [5.41, 5.74) is 1.79. The van der Waals surface area contributed by atoms with Gasteiger partial charge in [-0.15, -0.1) is 0 Å². The SMILES string of the molecule is Cc1nn(C)cc1CNC(=O)[C@@H]1[C@@H](C(=O)O)[C@@H]2CC[C@H]1O2. The van der Waals surface area contributed by atoms with Crippen LogP contribution in [0.4, 0.5) is 0 Å².